The summed E-state index contributed by atoms with van der Waals surface area (Å²) < 4.78 is 38.9. The molecule has 46 heavy (non-hydrogen) atoms. The van der Waals surface area contributed by atoms with Crippen molar-refractivity contribution in [3.05, 3.63) is 112 Å². The number of halogens is 3. The molecule has 10 nitrogen and oxygen atoms in total. The number of rotatable bonds is 10. The van der Waals surface area contributed by atoms with E-state index in [-0.39, 0.29) is 12.1 Å². The number of benzene rings is 2. The summed E-state index contributed by atoms with van der Waals surface area (Å²) in [6, 6.07) is 15.6. The van der Waals surface area contributed by atoms with Crippen molar-refractivity contribution in [1.82, 2.24) is 19.7 Å². The van der Waals surface area contributed by atoms with Crippen LogP contribution in [0.5, 0.6) is 0 Å². The van der Waals surface area contributed by atoms with Crippen LogP contribution in [-0.4, -0.2) is 38.0 Å². The standard InChI is InChI=1S/C32H29F2IN7O3S/c1-20(30-39-28(16-46-30)23-8-6-22(15-36)7-9-23)32(44,26-13-25(33)10-11-27(26)34)17-42-19-41(18-38-42)21(2)45-31(43)40(3)29-24(14-35)5-4-12-37-29/h4-13,16,18-21,44H,14,17H2,1-3H3/q+1/t20-,21?,32+/m0/s1. The van der Waals surface area contributed by atoms with Gasteiger partial charge in [-0.15, -0.1) is 16.0 Å². The molecule has 14 heteroatoms. The van der Waals surface area contributed by atoms with Crippen LogP contribution < -0.4 is 9.47 Å². The number of thiazole rings is 1. The topological polar surface area (TPSA) is 121 Å². The lowest BCUT2D eigenvalue weighted by molar-refractivity contribution is -0.753. The Bertz CT molecular complexity index is 1900. The molecule has 1 amide bonds. The Morgan fingerprint density at radius 1 is 1.24 bits per heavy atom. The van der Waals surface area contributed by atoms with Crippen molar-refractivity contribution in [3.8, 4) is 17.3 Å². The summed E-state index contributed by atoms with van der Waals surface area (Å²) in [6.07, 6.45) is 3.08. The zero-order valence-electron chi connectivity index (χ0n) is 25.0. The van der Waals surface area contributed by atoms with Crippen LogP contribution in [0.4, 0.5) is 19.4 Å². The maximum atomic E-state index is 15.3. The first-order valence-electron chi connectivity index (χ1n) is 14.0. The number of aliphatic hydroxyl groups is 1. The molecule has 2 aromatic carbocycles. The maximum absolute atomic E-state index is 15.3. The van der Waals surface area contributed by atoms with Crippen molar-refractivity contribution in [3.63, 3.8) is 0 Å². The van der Waals surface area contributed by atoms with Crippen LogP contribution in [0.15, 0.2) is 78.8 Å². The molecule has 0 aliphatic rings. The molecule has 0 fully saturated rings. The van der Waals surface area contributed by atoms with Gasteiger partial charge in [0.25, 0.3) is 6.33 Å². The molecule has 0 radical (unpaired) electrons. The predicted octanol–water partition coefficient (Wildman–Crippen LogP) is 6.26. The molecule has 5 rings (SSSR count). The van der Waals surface area contributed by atoms with Crippen molar-refractivity contribution in [1.29, 1.82) is 5.26 Å². The van der Waals surface area contributed by atoms with Gasteiger partial charge in [-0.2, -0.15) is 9.83 Å². The first kappa shape index (κ1) is 33.0. The normalized spacial score (nSPS) is 13.8. The molecule has 1 unspecified atom stereocenters. The summed E-state index contributed by atoms with van der Waals surface area (Å²) in [4.78, 5) is 23.3. The number of nitriles is 1. The third-order valence-corrected chi connectivity index (χ3v) is 9.46. The van der Waals surface area contributed by atoms with Crippen LogP contribution in [0, 0.1) is 23.0 Å². The number of ether oxygens (including phenoxy) is 1. The van der Waals surface area contributed by atoms with Crippen LogP contribution in [0.1, 0.15) is 47.7 Å². The van der Waals surface area contributed by atoms with E-state index in [0.29, 0.717) is 26.5 Å². The largest absolute Gasteiger partial charge is 0.418 e. The van der Waals surface area contributed by atoms with Gasteiger partial charge in [0, 0.05) is 57.7 Å². The van der Waals surface area contributed by atoms with Gasteiger partial charge in [-0.25, -0.2) is 23.5 Å². The van der Waals surface area contributed by atoms with Crippen LogP contribution in [0.25, 0.3) is 11.3 Å². The zero-order valence-corrected chi connectivity index (χ0v) is 28.0. The molecule has 236 valence electrons. The van der Waals surface area contributed by atoms with Crippen molar-refractivity contribution >= 4 is 45.8 Å². The minimum Gasteiger partial charge on any atom is -0.412 e. The molecule has 3 atom stereocenters. The molecule has 5 aromatic rings. The second-order valence-corrected chi connectivity index (χ2v) is 12.2. The number of carbonyl (C=O) groups excluding carboxylic acids is 1. The van der Waals surface area contributed by atoms with Gasteiger partial charge >= 0.3 is 6.09 Å². The van der Waals surface area contributed by atoms with Crippen LogP contribution in [0.3, 0.4) is 0 Å². The highest BCUT2D eigenvalue weighted by Gasteiger charge is 2.43. The number of aromatic nitrogens is 5. The lowest BCUT2D eigenvalue weighted by Crippen LogP contribution is -2.42. The molecule has 0 saturated heterocycles. The lowest BCUT2D eigenvalue weighted by atomic mass is 9.82. The van der Waals surface area contributed by atoms with E-state index in [4.69, 9.17) is 15.0 Å². The predicted molar refractivity (Wildman–Crippen MR) is 175 cm³/mol. The van der Waals surface area contributed by atoms with Crippen LogP contribution in [-0.2, 0) is 21.3 Å². The highest BCUT2D eigenvalue weighted by Crippen LogP contribution is 2.41. The Balaban J connectivity index is 1.40. The van der Waals surface area contributed by atoms with Crippen molar-refractivity contribution in [2.45, 2.75) is 42.6 Å². The zero-order chi connectivity index (χ0) is 33.0. The number of hydrogen-bond donors (Lipinski definition) is 1. The molecule has 0 bridgehead atoms. The number of pyridine rings is 1. The summed E-state index contributed by atoms with van der Waals surface area (Å²) in [5.41, 5.74) is 0.523. The fourth-order valence-corrected chi connectivity index (χ4v) is 6.45. The summed E-state index contributed by atoms with van der Waals surface area (Å²) >= 11 is 3.46. The number of hydrogen-bond acceptors (Lipinski definition) is 8. The van der Waals surface area contributed by atoms with E-state index in [1.165, 1.54) is 38.1 Å². The van der Waals surface area contributed by atoms with Gasteiger partial charge in [-0.05, 0) is 36.4 Å². The molecule has 0 aliphatic heterocycles. The number of nitrogens with zero attached hydrogens (tertiary/aromatic N) is 7. The molecular weight excluding hydrogens is 727 g/mol. The molecular formula is C32H29F2IN7O3S+. The van der Waals surface area contributed by atoms with E-state index in [0.717, 1.165) is 29.3 Å². The van der Waals surface area contributed by atoms with E-state index in [9.17, 15) is 14.3 Å². The minimum absolute atomic E-state index is 0.250. The Hall–Kier alpha value is -4.33. The van der Waals surface area contributed by atoms with E-state index < -0.39 is 35.5 Å². The Morgan fingerprint density at radius 3 is 2.72 bits per heavy atom. The first-order valence-corrected chi connectivity index (χ1v) is 16.5. The van der Waals surface area contributed by atoms with Gasteiger partial charge in [0.05, 0.1) is 22.3 Å². The Labute approximate surface area is 281 Å². The maximum Gasteiger partial charge on any atom is 0.418 e. The van der Waals surface area contributed by atoms with Crippen molar-refractivity contribution in [2.75, 3.05) is 11.9 Å². The number of carbonyl (C=O) groups is 1. The minimum atomic E-state index is -2.00. The molecule has 3 heterocycles. The van der Waals surface area contributed by atoms with E-state index in [1.807, 2.05) is 6.07 Å². The van der Waals surface area contributed by atoms with Gasteiger partial charge in [0.2, 0.25) is 12.6 Å². The summed E-state index contributed by atoms with van der Waals surface area (Å²) in [5.74, 6) is -1.83. The SMILES string of the molecule is CC(OC(=O)N(C)c1ncccc1CI)[n+]1cnn(C[C@](O)(c2cc(F)ccc2F)[C@@H](C)c2nc(-c3ccc(C#N)cc3)cs2)c1. The highest BCUT2D eigenvalue weighted by atomic mass is 127. The monoisotopic (exact) mass is 756 g/mol. The van der Waals surface area contributed by atoms with Crippen LogP contribution in [0.2, 0.25) is 0 Å². The van der Waals surface area contributed by atoms with E-state index >= 15 is 4.39 Å². The fraction of sp³-hybridized carbons (Fsp3) is 0.250. The fourth-order valence-electron chi connectivity index (χ4n) is 4.89. The number of alkyl halides is 1. The average Bonchev–Trinajstić information content (AvgIpc) is 3.75. The quantitative estimate of drug-likeness (QED) is 0.102. The lowest BCUT2D eigenvalue weighted by Gasteiger charge is -2.32. The first-order chi connectivity index (χ1) is 22.0. The molecule has 3 aromatic heterocycles. The Morgan fingerprint density at radius 2 is 2.00 bits per heavy atom. The summed E-state index contributed by atoms with van der Waals surface area (Å²) in [6.45, 7) is 3.06. The third kappa shape index (κ3) is 6.91. The highest BCUT2D eigenvalue weighted by molar-refractivity contribution is 14.1. The van der Waals surface area contributed by atoms with E-state index in [1.54, 1.807) is 62.8 Å². The van der Waals surface area contributed by atoms with Crippen LogP contribution >= 0.6 is 33.9 Å². The third-order valence-electron chi connectivity index (χ3n) is 7.61. The molecule has 0 aliphatic carbocycles. The van der Waals surface area contributed by atoms with E-state index in [2.05, 4.69) is 38.7 Å². The number of amides is 1. The molecule has 0 spiro atoms. The summed E-state index contributed by atoms with van der Waals surface area (Å²) in [7, 11) is 1.57. The van der Waals surface area contributed by atoms with Gasteiger partial charge in [0.1, 0.15) is 29.6 Å². The second-order valence-electron chi connectivity index (χ2n) is 10.6. The van der Waals surface area contributed by atoms with Gasteiger partial charge in [-0.3, -0.25) is 4.90 Å². The molecule has 0 saturated carbocycles. The van der Waals surface area contributed by atoms with Gasteiger partial charge in [0.15, 0.2) is 0 Å². The molecule has 1 N–H and O–H groups in total. The summed E-state index contributed by atoms with van der Waals surface area (Å²) in [5, 5.41) is 27.9. The van der Waals surface area contributed by atoms with Crippen molar-refractivity contribution in [2.24, 2.45) is 0 Å². The van der Waals surface area contributed by atoms with Gasteiger partial charge < -0.3 is 9.84 Å². The van der Waals surface area contributed by atoms with Gasteiger partial charge in [-0.1, -0.05) is 47.7 Å². The smallest absolute Gasteiger partial charge is 0.412 e. The average molecular weight is 757 g/mol. The Kier molecular flexibility index (Phi) is 10.0. The van der Waals surface area contributed by atoms with Crippen molar-refractivity contribution < 1.29 is 28.0 Å². The number of anilines is 1. The second kappa shape index (κ2) is 14.0.